The van der Waals surface area contributed by atoms with Gasteiger partial charge in [0.05, 0.1) is 5.52 Å². The molecule has 0 amide bonds. The van der Waals surface area contributed by atoms with Crippen molar-refractivity contribution in [2.24, 2.45) is 0 Å². The minimum atomic E-state index is 1.07. The van der Waals surface area contributed by atoms with Gasteiger partial charge in [-0.2, -0.15) is 0 Å². The first-order chi connectivity index (χ1) is 9.43. The molecular weight excluding hydrogens is 250 g/mol. The van der Waals surface area contributed by atoms with Crippen LogP contribution in [-0.4, -0.2) is 4.98 Å². The summed E-state index contributed by atoms with van der Waals surface area (Å²) in [5, 5.41) is 4.58. The molecule has 0 saturated heterocycles. The van der Waals surface area contributed by atoms with Crippen molar-refractivity contribution < 1.29 is 0 Å². The molecule has 2 heteroatoms. The lowest BCUT2D eigenvalue weighted by atomic mass is 9.98. The van der Waals surface area contributed by atoms with Crippen LogP contribution in [0.4, 0.5) is 0 Å². The summed E-state index contributed by atoms with van der Waals surface area (Å²) in [4.78, 5) is 5.85. The summed E-state index contributed by atoms with van der Waals surface area (Å²) in [5.41, 5.74) is 3.61. The summed E-state index contributed by atoms with van der Waals surface area (Å²) >= 11 is 1.70. The molecular formula is C17H11NS. The molecule has 1 nitrogen and oxygen atoms in total. The molecule has 0 bridgehead atoms. The van der Waals surface area contributed by atoms with Crippen LogP contribution in [0.25, 0.3) is 32.2 Å². The van der Waals surface area contributed by atoms with Crippen molar-refractivity contribution in [1.82, 2.24) is 4.98 Å². The van der Waals surface area contributed by atoms with Crippen molar-refractivity contribution in [2.45, 2.75) is 0 Å². The standard InChI is InChI=1S/C17H11NS/c1-2-6-12(7-3-1)16-13-8-4-5-9-15(13)18-17-14(16)10-11-19-17/h1-11H. The third-order valence-electron chi connectivity index (χ3n) is 3.37. The lowest BCUT2D eigenvalue weighted by Gasteiger charge is -2.08. The highest BCUT2D eigenvalue weighted by Crippen LogP contribution is 2.36. The van der Waals surface area contributed by atoms with Crippen LogP contribution in [0.15, 0.2) is 66.0 Å². The van der Waals surface area contributed by atoms with E-state index in [-0.39, 0.29) is 0 Å². The van der Waals surface area contributed by atoms with Crippen LogP contribution in [0, 0.1) is 0 Å². The fourth-order valence-electron chi connectivity index (χ4n) is 2.53. The average molecular weight is 261 g/mol. The number of rotatable bonds is 1. The van der Waals surface area contributed by atoms with Crippen molar-refractivity contribution in [3.05, 3.63) is 66.0 Å². The molecule has 90 valence electrons. The van der Waals surface area contributed by atoms with E-state index in [0.29, 0.717) is 0 Å². The van der Waals surface area contributed by atoms with Crippen LogP contribution in [0.3, 0.4) is 0 Å². The Morgan fingerprint density at radius 1 is 0.737 bits per heavy atom. The minimum absolute atomic E-state index is 1.07. The Hall–Kier alpha value is -2.19. The zero-order valence-corrected chi connectivity index (χ0v) is 11.0. The van der Waals surface area contributed by atoms with Gasteiger partial charge < -0.3 is 0 Å². The first kappa shape index (κ1) is 10.7. The second kappa shape index (κ2) is 4.18. The number of aromatic nitrogens is 1. The van der Waals surface area contributed by atoms with Gasteiger partial charge in [0.1, 0.15) is 4.83 Å². The summed E-state index contributed by atoms with van der Waals surface area (Å²) in [6.45, 7) is 0. The van der Waals surface area contributed by atoms with E-state index < -0.39 is 0 Å². The molecule has 0 unspecified atom stereocenters. The fraction of sp³-hybridized carbons (Fsp3) is 0. The first-order valence-corrected chi connectivity index (χ1v) is 7.13. The molecule has 0 N–H and O–H groups in total. The summed E-state index contributed by atoms with van der Waals surface area (Å²) in [6.07, 6.45) is 0. The zero-order valence-electron chi connectivity index (χ0n) is 10.2. The summed E-state index contributed by atoms with van der Waals surface area (Å²) < 4.78 is 0. The molecule has 4 aromatic rings. The third kappa shape index (κ3) is 1.65. The summed E-state index contributed by atoms with van der Waals surface area (Å²) in [7, 11) is 0. The maximum absolute atomic E-state index is 4.74. The Balaban J connectivity index is 2.23. The van der Waals surface area contributed by atoms with Crippen molar-refractivity contribution in [2.75, 3.05) is 0 Å². The molecule has 0 radical (unpaired) electrons. The molecule has 4 rings (SSSR count). The number of nitrogens with zero attached hydrogens (tertiary/aromatic N) is 1. The predicted molar refractivity (Wildman–Crippen MR) is 82.6 cm³/mol. The van der Waals surface area contributed by atoms with Crippen LogP contribution in [0.1, 0.15) is 0 Å². The highest BCUT2D eigenvalue weighted by Gasteiger charge is 2.10. The number of fused-ring (bicyclic) bond motifs is 2. The molecule has 0 aliphatic heterocycles. The Morgan fingerprint density at radius 2 is 1.53 bits per heavy atom. The van der Waals surface area contributed by atoms with E-state index in [1.165, 1.54) is 21.9 Å². The van der Waals surface area contributed by atoms with E-state index in [1.807, 2.05) is 6.07 Å². The van der Waals surface area contributed by atoms with Gasteiger partial charge in [-0.3, -0.25) is 0 Å². The fourth-order valence-corrected chi connectivity index (χ4v) is 3.31. The van der Waals surface area contributed by atoms with E-state index in [1.54, 1.807) is 11.3 Å². The lowest BCUT2D eigenvalue weighted by molar-refractivity contribution is 1.53. The van der Waals surface area contributed by atoms with Gasteiger partial charge >= 0.3 is 0 Å². The third-order valence-corrected chi connectivity index (χ3v) is 4.18. The molecule has 19 heavy (non-hydrogen) atoms. The first-order valence-electron chi connectivity index (χ1n) is 6.25. The Kier molecular flexibility index (Phi) is 2.35. The number of hydrogen-bond donors (Lipinski definition) is 0. The highest BCUT2D eigenvalue weighted by atomic mass is 32.1. The quantitative estimate of drug-likeness (QED) is 0.463. The van der Waals surface area contributed by atoms with E-state index in [2.05, 4.69) is 60.0 Å². The summed E-state index contributed by atoms with van der Waals surface area (Å²) in [6, 6.07) is 21.1. The number of hydrogen-bond acceptors (Lipinski definition) is 2. The van der Waals surface area contributed by atoms with E-state index >= 15 is 0 Å². The zero-order chi connectivity index (χ0) is 12.7. The molecule has 0 aliphatic carbocycles. The molecule has 0 spiro atoms. The van der Waals surface area contributed by atoms with Crippen LogP contribution < -0.4 is 0 Å². The molecule has 2 aromatic heterocycles. The molecule has 0 saturated carbocycles. The van der Waals surface area contributed by atoms with Gasteiger partial charge in [-0.15, -0.1) is 11.3 Å². The maximum Gasteiger partial charge on any atom is 0.124 e. The monoisotopic (exact) mass is 261 g/mol. The van der Waals surface area contributed by atoms with Crippen LogP contribution in [0.2, 0.25) is 0 Å². The van der Waals surface area contributed by atoms with Gasteiger partial charge in [-0.1, -0.05) is 48.5 Å². The average Bonchev–Trinajstić information content (AvgIpc) is 2.93. The van der Waals surface area contributed by atoms with Crippen LogP contribution in [0.5, 0.6) is 0 Å². The molecule has 0 atom stereocenters. The SMILES string of the molecule is c1ccc(-c2c3ccccc3nc3sccc23)cc1. The van der Waals surface area contributed by atoms with Gasteiger partial charge in [0.2, 0.25) is 0 Å². The predicted octanol–water partition coefficient (Wildman–Crippen LogP) is 5.12. The van der Waals surface area contributed by atoms with Crippen LogP contribution in [-0.2, 0) is 0 Å². The molecule has 0 aliphatic rings. The van der Waals surface area contributed by atoms with Gasteiger partial charge in [0.15, 0.2) is 0 Å². The Labute approximate surface area is 115 Å². The van der Waals surface area contributed by atoms with E-state index in [4.69, 9.17) is 4.98 Å². The van der Waals surface area contributed by atoms with Crippen molar-refractivity contribution >= 4 is 32.5 Å². The second-order valence-electron chi connectivity index (χ2n) is 4.51. The van der Waals surface area contributed by atoms with Crippen LogP contribution >= 0.6 is 11.3 Å². The Morgan fingerprint density at radius 3 is 2.42 bits per heavy atom. The van der Waals surface area contributed by atoms with Gasteiger partial charge in [0, 0.05) is 16.3 Å². The minimum Gasteiger partial charge on any atom is -0.237 e. The maximum atomic E-state index is 4.74. The highest BCUT2D eigenvalue weighted by molar-refractivity contribution is 7.16. The smallest absolute Gasteiger partial charge is 0.124 e. The molecule has 0 fully saturated rings. The van der Waals surface area contributed by atoms with Crippen molar-refractivity contribution in [1.29, 1.82) is 0 Å². The summed E-state index contributed by atoms with van der Waals surface area (Å²) in [5.74, 6) is 0. The van der Waals surface area contributed by atoms with E-state index in [0.717, 1.165) is 10.3 Å². The Bertz CT molecular complexity index is 862. The largest absolute Gasteiger partial charge is 0.237 e. The number of pyridine rings is 1. The number of thiophene rings is 1. The molecule has 2 aromatic carbocycles. The second-order valence-corrected chi connectivity index (χ2v) is 5.40. The number of benzene rings is 2. The molecule has 2 heterocycles. The normalized spacial score (nSPS) is 11.2. The van der Waals surface area contributed by atoms with Gasteiger partial charge in [-0.05, 0) is 23.1 Å². The topological polar surface area (TPSA) is 12.9 Å². The van der Waals surface area contributed by atoms with E-state index in [9.17, 15) is 0 Å². The van der Waals surface area contributed by atoms with Crippen molar-refractivity contribution in [3.63, 3.8) is 0 Å². The van der Waals surface area contributed by atoms with Gasteiger partial charge in [0.25, 0.3) is 0 Å². The lowest BCUT2D eigenvalue weighted by Crippen LogP contribution is -1.85. The number of para-hydroxylation sites is 1. The van der Waals surface area contributed by atoms with Crippen molar-refractivity contribution in [3.8, 4) is 11.1 Å². The van der Waals surface area contributed by atoms with Gasteiger partial charge in [-0.25, -0.2) is 4.98 Å².